The molecule has 5 nitrogen and oxygen atoms in total. The van der Waals surface area contributed by atoms with Crippen molar-refractivity contribution in [3.05, 3.63) is 89.0 Å². The lowest BCUT2D eigenvalue weighted by Crippen LogP contribution is -2.33. The number of hydrogen-bond acceptors (Lipinski definition) is 5. The summed E-state index contributed by atoms with van der Waals surface area (Å²) in [6.45, 7) is 5.96. The highest BCUT2D eigenvalue weighted by molar-refractivity contribution is 5.99. The Bertz CT molecular complexity index is 1080. The minimum atomic E-state index is -1.01. The molecule has 1 aliphatic heterocycles. The summed E-state index contributed by atoms with van der Waals surface area (Å²) in [7, 11) is 8.09. The molecule has 0 radical (unpaired) electrons. The molecule has 0 atom stereocenters. The van der Waals surface area contributed by atoms with Gasteiger partial charge in [0.05, 0.1) is 5.56 Å². The van der Waals surface area contributed by atoms with Crippen molar-refractivity contribution in [3.8, 4) is 0 Å². The van der Waals surface area contributed by atoms with E-state index in [1.807, 2.05) is 40.3 Å². The molecule has 33 heavy (non-hydrogen) atoms. The van der Waals surface area contributed by atoms with Crippen LogP contribution in [0.5, 0.6) is 0 Å². The molecule has 0 bridgehead atoms. The number of benzene rings is 3. The minimum Gasteiger partial charge on any atom is -0.440 e. The molecular formula is C28H33N3O2. The van der Waals surface area contributed by atoms with E-state index in [0.29, 0.717) is 5.56 Å². The van der Waals surface area contributed by atoms with Gasteiger partial charge in [0.25, 0.3) is 0 Å². The van der Waals surface area contributed by atoms with E-state index < -0.39 is 5.60 Å². The number of carbonyl (C=O) groups excluding carboxylic acids is 1. The van der Waals surface area contributed by atoms with E-state index in [0.717, 1.165) is 46.8 Å². The first-order valence-electron chi connectivity index (χ1n) is 11.5. The summed E-state index contributed by atoms with van der Waals surface area (Å²) in [6, 6.07) is 22.6. The summed E-state index contributed by atoms with van der Waals surface area (Å²) in [5.74, 6) is -0.285. The van der Waals surface area contributed by atoms with Crippen molar-refractivity contribution in [3.63, 3.8) is 0 Å². The normalized spacial score (nSPS) is 13.9. The van der Waals surface area contributed by atoms with Crippen molar-refractivity contribution in [2.45, 2.75) is 19.4 Å². The number of hydrogen-bond donors (Lipinski definition) is 0. The van der Waals surface area contributed by atoms with E-state index in [1.165, 1.54) is 0 Å². The monoisotopic (exact) mass is 443 g/mol. The SMILES string of the molecule is CCN(CC)c1cccc2c1C(c1ccc(N(C)C)cc1)(c1ccc(N(C)C)cc1)OC2=O. The van der Waals surface area contributed by atoms with Gasteiger partial charge in [-0.1, -0.05) is 30.3 Å². The Hall–Kier alpha value is -3.47. The van der Waals surface area contributed by atoms with Crippen LogP contribution in [0.4, 0.5) is 17.1 Å². The van der Waals surface area contributed by atoms with Crippen molar-refractivity contribution in [1.82, 2.24) is 0 Å². The molecule has 0 spiro atoms. The maximum Gasteiger partial charge on any atom is 0.340 e. The highest BCUT2D eigenvalue weighted by atomic mass is 16.6. The van der Waals surface area contributed by atoms with E-state index in [4.69, 9.17) is 4.74 Å². The maximum absolute atomic E-state index is 13.3. The molecule has 3 aromatic carbocycles. The van der Waals surface area contributed by atoms with Gasteiger partial charge < -0.3 is 19.4 Å². The molecule has 1 aliphatic rings. The van der Waals surface area contributed by atoms with E-state index in [-0.39, 0.29) is 5.97 Å². The first kappa shape index (κ1) is 22.7. The summed E-state index contributed by atoms with van der Waals surface area (Å²) in [4.78, 5) is 19.7. The first-order valence-corrected chi connectivity index (χ1v) is 11.5. The summed E-state index contributed by atoms with van der Waals surface area (Å²) in [5, 5.41) is 0. The highest BCUT2D eigenvalue weighted by Crippen LogP contribution is 2.51. The van der Waals surface area contributed by atoms with Crippen LogP contribution in [-0.2, 0) is 10.3 Å². The van der Waals surface area contributed by atoms with Gasteiger partial charge in [-0.05, 0) is 50.2 Å². The molecule has 0 amide bonds. The highest BCUT2D eigenvalue weighted by Gasteiger charge is 2.50. The van der Waals surface area contributed by atoms with Crippen molar-refractivity contribution in [1.29, 1.82) is 0 Å². The summed E-state index contributed by atoms with van der Waals surface area (Å²) < 4.78 is 6.38. The molecule has 3 aromatic rings. The first-order chi connectivity index (χ1) is 15.8. The van der Waals surface area contributed by atoms with Crippen LogP contribution in [0, 0.1) is 0 Å². The van der Waals surface area contributed by atoms with Crippen LogP contribution in [0.3, 0.4) is 0 Å². The predicted octanol–water partition coefficient (Wildman–Crippen LogP) is 5.13. The molecule has 0 fully saturated rings. The lowest BCUT2D eigenvalue weighted by Gasteiger charge is -2.34. The van der Waals surface area contributed by atoms with Gasteiger partial charge in [0.1, 0.15) is 0 Å². The van der Waals surface area contributed by atoms with E-state index in [1.54, 1.807) is 0 Å². The van der Waals surface area contributed by atoms with Crippen LogP contribution in [0.1, 0.15) is 40.9 Å². The Morgan fingerprint density at radius 3 is 1.64 bits per heavy atom. The van der Waals surface area contributed by atoms with Gasteiger partial charge in [0.2, 0.25) is 0 Å². The molecule has 5 heteroatoms. The largest absolute Gasteiger partial charge is 0.440 e. The van der Waals surface area contributed by atoms with Crippen LogP contribution in [0.15, 0.2) is 66.7 Å². The van der Waals surface area contributed by atoms with E-state index in [2.05, 4.69) is 83.1 Å². The fourth-order valence-corrected chi connectivity index (χ4v) is 4.71. The molecule has 0 saturated heterocycles. The van der Waals surface area contributed by atoms with Crippen LogP contribution in [0.25, 0.3) is 0 Å². The van der Waals surface area contributed by atoms with Gasteiger partial charge >= 0.3 is 5.97 Å². The molecule has 0 aliphatic carbocycles. The zero-order valence-corrected chi connectivity index (χ0v) is 20.4. The molecule has 172 valence electrons. The standard InChI is InChI=1S/C28H33N3O2/c1-7-31(8-2)25-11-9-10-24-26(25)28(33-27(24)32,20-12-16-22(17-13-20)29(3)4)21-14-18-23(19-15-21)30(5)6/h9-19H,7-8H2,1-6H3. The fraction of sp³-hybridized carbons (Fsp3) is 0.321. The van der Waals surface area contributed by atoms with Gasteiger partial charge in [-0.25, -0.2) is 4.79 Å². The number of cyclic esters (lactones) is 1. The fourth-order valence-electron chi connectivity index (χ4n) is 4.71. The zero-order valence-electron chi connectivity index (χ0n) is 20.4. The Balaban J connectivity index is 2.03. The number of carbonyl (C=O) groups is 1. The molecule has 0 unspecified atom stereocenters. The Morgan fingerprint density at radius 1 is 0.727 bits per heavy atom. The molecule has 1 heterocycles. The summed E-state index contributed by atoms with van der Waals surface area (Å²) in [5.41, 5.74) is 5.66. The smallest absolute Gasteiger partial charge is 0.340 e. The quantitative estimate of drug-likeness (QED) is 0.473. The number of fused-ring (bicyclic) bond motifs is 1. The van der Waals surface area contributed by atoms with Crippen molar-refractivity contribution < 1.29 is 9.53 Å². The van der Waals surface area contributed by atoms with Gasteiger partial charge in [-0.3, -0.25) is 0 Å². The van der Waals surface area contributed by atoms with Crippen molar-refractivity contribution in [2.24, 2.45) is 0 Å². The Kier molecular flexibility index (Phi) is 6.07. The maximum atomic E-state index is 13.3. The molecular weight excluding hydrogens is 410 g/mol. The van der Waals surface area contributed by atoms with Gasteiger partial charge in [0, 0.05) is 75.0 Å². The lowest BCUT2D eigenvalue weighted by atomic mass is 9.78. The van der Waals surface area contributed by atoms with Gasteiger partial charge in [-0.15, -0.1) is 0 Å². The van der Waals surface area contributed by atoms with Crippen molar-refractivity contribution in [2.75, 3.05) is 56.0 Å². The number of anilines is 3. The summed E-state index contributed by atoms with van der Waals surface area (Å²) >= 11 is 0. The molecule has 0 aromatic heterocycles. The molecule has 0 N–H and O–H groups in total. The number of rotatable bonds is 7. The van der Waals surface area contributed by atoms with Crippen LogP contribution in [-0.4, -0.2) is 47.2 Å². The van der Waals surface area contributed by atoms with Crippen molar-refractivity contribution >= 4 is 23.0 Å². The molecule has 0 saturated carbocycles. The molecule has 4 rings (SSSR count). The Morgan fingerprint density at radius 2 is 1.21 bits per heavy atom. The number of nitrogens with zero attached hydrogens (tertiary/aromatic N) is 3. The van der Waals surface area contributed by atoms with E-state index in [9.17, 15) is 4.79 Å². The van der Waals surface area contributed by atoms with Crippen LogP contribution in [0.2, 0.25) is 0 Å². The minimum absolute atomic E-state index is 0.285. The zero-order chi connectivity index (χ0) is 23.8. The third-order valence-electron chi connectivity index (χ3n) is 6.54. The van der Waals surface area contributed by atoms with Gasteiger partial charge in [0.15, 0.2) is 5.60 Å². The third kappa shape index (κ3) is 3.71. The van der Waals surface area contributed by atoms with E-state index >= 15 is 0 Å². The third-order valence-corrected chi connectivity index (χ3v) is 6.54. The van der Waals surface area contributed by atoms with Crippen LogP contribution >= 0.6 is 0 Å². The Labute approximate surface area is 197 Å². The average Bonchev–Trinajstić information content (AvgIpc) is 3.14. The van der Waals surface area contributed by atoms with Crippen LogP contribution < -0.4 is 14.7 Å². The number of esters is 1. The number of ether oxygens (including phenoxy) is 1. The lowest BCUT2D eigenvalue weighted by molar-refractivity contribution is 0.0252. The second-order valence-corrected chi connectivity index (χ2v) is 8.83. The second kappa shape index (κ2) is 8.81. The predicted molar refractivity (Wildman–Crippen MR) is 137 cm³/mol. The average molecular weight is 444 g/mol. The summed E-state index contributed by atoms with van der Waals surface area (Å²) in [6.07, 6.45) is 0. The second-order valence-electron chi connectivity index (χ2n) is 8.83. The van der Waals surface area contributed by atoms with Gasteiger partial charge in [-0.2, -0.15) is 0 Å². The topological polar surface area (TPSA) is 36.0 Å².